The first-order valence-corrected chi connectivity index (χ1v) is 5.15. The molecule has 1 aliphatic heterocycles. The van der Waals surface area contributed by atoms with Crippen LogP contribution in [0.25, 0.3) is 0 Å². The van der Waals surface area contributed by atoms with Crippen LogP contribution < -0.4 is 5.32 Å². The summed E-state index contributed by atoms with van der Waals surface area (Å²) in [4.78, 5) is 0. The first-order chi connectivity index (χ1) is 7.59. The van der Waals surface area contributed by atoms with E-state index in [1.54, 1.807) is 0 Å². The molecular formula is C11H12F3NO. The number of hydrogen-bond acceptors (Lipinski definition) is 2. The van der Waals surface area contributed by atoms with Crippen molar-refractivity contribution in [3.63, 3.8) is 0 Å². The molecule has 16 heavy (non-hydrogen) atoms. The topological polar surface area (TPSA) is 32.3 Å². The fraction of sp³-hybridized carbons (Fsp3) is 0.455. The van der Waals surface area contributed by atoms with Crippen molar-refractivity contribution >= 4 is 0 Å². The van der Waals surface area contributed by atoms with Gasteiger partial charge in [-0.15, -0.1) is 0 Å². The highest BCUT2D eigenvalue weighted by Crippen LogP contribution is 2.25. The SMILES string of the molecule is OC(c1cc(F)c(F)c(F)c1)C1CCCN1. The zero-order valence-corrected chi connectivity index (χ0v) is 8.51. The number of halogens is 3. The molecule has 0 radical (unpaired) electrons. The summed E-state index contributed by atoms with van der Waals surface area (Å²) in [6, 6.07) is 1.45. The largest absolute Gasteiger partial charge is 0.387 e. The van der Waals surface area contributed by atoms with Crippen molar-refractivity contribution in [2.24, 2.45) is 0 Å². The van der Waals surface area contributed by atoms with Crippen molar-refractivity contribution < 1.29 is 18.3 Å². The summed E-state index contributed by atoms with van der Waals surface area (Å²) in [5.74, 6) is -4.05. The van der Waals surface area contributed by atoms with E-state index < -0.39 is 23.6 Å². The number of nitrogens with one attached hydrogen (secondary N) is 1. The van der Waals surface area contributed by atoms with Crippen molar-refractivity contribution in [3.8, 4) is 0 Å². The third-order valence-electron chi connectivity index (χ3n) is 2.83. The summed E-state index contributed by atoms with van der Waals surface area (Å²) in [5, 5.41) is 12.9. The Morgan fingerprint density at radius 2 is 1.88 bits per heavy atom. The molecule has 0 saturated carbocycles. The van der Waals surface area contributed by atoms with Crippen LogP contribution in [0.2, 0.25) is 0 Å². The van der Waals surface area contributed by atoms with Gasteiger partial charge in [0, 0.05) is 6.04 Å². The molecule has 1 aromatic rings. The molecule has 0 aliphatic carbocycles. The maximum absolute atomic E-state index is 12.9. The number of hydrogen-bond donors (Lipinski definition) is 2. The van der Waals surface area contributed by atoms with E-state index in [9.17, 15) is 18.3 Å². The van der Waals surface area contributed by atoms with Crippen LogP contribution in [0, 0.1) is 17.5 Å². The van der Waals surface area contributed by atoms with Crippen LogP contribution in [-0.2, 0) is 0 Å². The maximum Gasteiger partial charge on any atom is 0.194 e. The van der Waals surface area contributed by atoms with Crippen LogP contribution in [0.15, 0.2) is 12.1 Å². The molecule has 88 valence electrons. The Bertz CT molecular complexity index is 368. The van der Waals surface area contributed by atoms with Gasteiger partial charge in [0.15, 0.2) is 17.5 Å². The van der Waals surface area contributed by atoms with Crippen molar-refractivity contribution in [3.05, 3.63) is 35.1 Å². The molecule has 1 fully saturated rings. The first kappa shape index (κ1) is 11.4. The lowest BCUT2D eigenvalue weighted by molar-refractivity contribution is 0.136. The van der Waals surface area contributed by atoms with Crippen molar-refractivity contribution in [1.29, 1.82) is 0 Å². The third-order valence-corrected chi connectivity index (χ3v) is 2.83. The highest BCUT2D eigenvalue weighted by Gasteiger charge is 2.25. The number of aliphatic hydroxyl groups is 1. The zero-order chi connectivity index (χ0) is 11.7. The Hall–Kier alpha value is -1.07. The number of rotatable bonds is 2. The van der Waals surface area contributed by atoms with E-state index in [0.717, 1.165) is 31.5 Å². The average Bonchev–Trinajstić information content (AvgIpc) is 2.77. The molecule has 2 rings (SSSR count). The predicted molar refractivity (Wildman–Crippen MR) is 52.3 cm³/mol. The van der Waals surface area contributed by atoms with Gasteiger partial charge in [-0.3, -0.25) is 0 Å². The van der Waals surface area contributed by atoms with E-state index in [2.05, 4.69) is 5.32 Å². The molecule has 2 unspecified atom stereocenters. The van der Waals surface area contributed by atoms with Crippen molar-refractivity contribution in [2.75, 3.05) is 6.54 Å². The number of aliphatic hydroxyl groups excluding tert-OH is 1. The van der Waals surface area contributed by atoms with Gasteiger partial charge in [-0.25, -0.2) is 13.2 Å². The normalized spacial score (nSPS) is 22.4. The highest BCUT2D eigenvalue weighted by atomic mass is 19.2. The molecule has 0 aromatic heterocycles. The molecule has 1 aromatic carbocycles. The van der Waals surface area contributed by atoms with Gasteiger partial charge in [0.05, 0.1) is 6.10 Å². The van der Waals surface area contributed by atoms with Gasteiger partial charge in [0.2, 0.25) is 0 Å². The summed E-state index contributed by atoms with van der Waals surface area (Å²) in [6.45, 7) is 0.772. The summed E-state index contributed by atoms with van der Waals surface area (Å²) in [7, 11) is 0. The smallest absolute Gasteiger partial charge is 0.194 e. The monoisotopic (exact) mass is 231 g/mol. The zero-order valence-electron chi connectivity index (χ0n) is 8.51. The van der Waals surface area contributed by atoms with Crippen LogP contribution in [0.3, 0.4) is 0 Å². The molecule has 2 nitrogen and oxygen atoms in total. The standard InChI is InChI=1S/C11H12F3NO/c12-7-4-6(5-8(13)10(7)14)11(16)9-2-1-3-15-9/h4-5,9,11,15-16H,1-3H2. The van der Waals surface area contributed by atoms with Crippen LogP contribution >= 0.6 is 0 Å². The van der Waals surface area contributed by atoms with Gasteiger partial charge in [-0.1, -0.05) is 0 Å². The Morgan fingerprint density at radius 3 is 2.38 bits per heavy atom. The highest BCUT2D eigenvalue weighted by molar-refractivity contribution is 5.23. The molecule has 1 saturated heterocycles. The Balaban J connectivity index is 2.26. The van der Waals surface area contributed by atoms with E-state index in [-0.39, 0.29) is 11.6 Å². The second-order valence-electron chi connectivity index (χ2n) is 3.95. The van der Waals surface area contributed by atoms with Gasteiger partial charge in [-0.05, 0) is 37.1 Å². The van der Waals surface area contributed by atoms with E-state index in [1.807, 2.05) is 0 Å². The van der Waals surface area contributed by atoms with Gasteiger partial charge in [-0.2, -0.15) is 0 Å². The quantitative estimate of drug-likeness (QED) is 0.762. The second-order valence-corrected chi connectivity index (χ2v) is 3.95. The minimum atomic E-state index is -1.50. The summed E-state index contributed by atoms with van der Waals surface area (Å²) >= 11 is 0. The van der Waals surface area contributed by atoms with E-state index >= 15 is 0 Å². The fourth-order valence-electron chi connectivity index (χ4n) is 1.96. The minimum Gasteiger partial charge on any atom is -0.387 e. The molecule has 1 heterocycles. The summed E-state index contributed by atoms with van der Waals surface area (Å²) in [5.41, 5.74) is 0.0656. The molecule has 0 spiro atoms. The Kier molecular flexibility index (Phi) is 3.16. The molecule has 0 amide bonds. The van der Waals surface area contributed by atoms with Crippen LogP contribution in [0.4, 0.5) is 13.2 Å². The van der Waals surface area contributed by atoms with Gasteiger partial charge < -0.3 is 10.4 Å². The Labute approximate surface area is 91.1 Å². The molecule has 2 atom stereocenters. The van der Waals surface area contributed by atoms with Crippen molar-refractivity contribution in [1.82, 2.24) is 5.32 Å². The second kappa shape index (κ2) is 4.43. The van der Waals surface area contributed by atoms with Gasteiger partial charge >= 0.3 is 0 Å². The number of benzene rings is 1. The molecular weight excluding hydrogens is 219 g/mol. The molecule has 0 bridgehead atoms. The van der Waals surface area contributed by atoms with Gasteiger partial charge in [0.25, 0.3) is 0 Å². The van der Waals surface area contributed by atoms with Crippen molar-refractivity contribution in [2.45, 2.75) is 25.0 Å². The minimum absolute atomic E-state index is 0.0656. The lowest BCUT2D eigenvalue weighted by Gasteiger charge is -2.18. The molecule has 5 heteroatoms. The lowest BCUT2D eigenvalue weighted by Crippen LogP contribution is -2.28. The molecule has 2 N–H and O–H groups in total. The fourth-order valence-corrected chi connectivity index (χ4v) is 1.96. The van der Waals surface area contributed by atoms with E-state index in [0.29, 0.717) is 0 Å². The van der Waals surface area contributed by atoms with Crippen LogP contribution in [0.5, 0.6) is 0 Å². The first-order valence-electron chi connectivity index (χ1n) is 5.15. The van der Waals surface area contributed by atoms with E-state index in [1.165, 1.54) is 0 Å². The lowest BCUT2D eigenvalue weighted by atomic mass is 10.0. The predicted octanol–water partition coefficient (Wildman–Crippen LogP) is 1.89. The maximum atomic E-state index is 12.9. The molecule has 1 aliphatic rings. The Morgan fingerprint density at radius 1 is 1.25 bits per heavy atom. The van der Waals surface area contributed by atoms with Crippen LogP contribution in [-0.4, -0.2) is 17.7 Å². The third kappa shape index (κ3) is 2.05. The average molecular weight is 231 g/mol. The van der Waals surface area contributed by atoms with Gasteiger partial charge in [0.1, 0.15) is 0 Å². The van der Waals surface area contributed by atoms with Crippen LogP contribution in [0.1, 0.15) is 24.5 Å². The summed E-state index contributed by atoms with van der Waals surface area (Å²) in [6.07, 6.45) is 0.641. The van der Waals surface area contributed by atoms with E-state index in [4.69, 9.17) is 0 Å². The summed E-state index contributed by atoms with van der Waals surface area (Å²) < 4.78 is 38.6.